The summed E-state index contributed by atoms with van der Waals surface area (Å²) in [7, 11) is -1.07. The van der Waals surface area contributed by atoms with Crippen LogP contribution < -0.4 is 43.9 Å². The fourth-order valence-corrected chi connectivity index (χ4v) is 6.12. The molecule has 0 fully saturated rings. The Balaban J connectivity index is 0.00000400. The van der Waals surface area contributed by atoms with Crippen LogP contribution in [-0.4, -0.2) is 37.0 Å². The Morgan fingerprint density at radius 3 is 1.76 bits per heavy atom. The average Bonchev–Trinajstić information content (AvgIpc) is 3.38. The fraction of sp³-hybridized carbons (Fsp3) is 0.167. The molecule has 6 aromatic rings. The third kappa shape index (κ3) is 6.61. The number of hydrogen-bond acceptors (Lipinski definition) is 6. The molecule has 45 heavy (non-hydrogen) atoms. The molecule has 0 radical (unpaired) electrons. The number of hydrogen-bond donors (Lipinski definition) is 0. The molecule has 0 saturated carbocycles. The molecular formula is C36H33N2NaO5S. The first-order valence-corrected chi connectivity index (χ1v) is 15.9. The van der Waals surface area contributed by atoms with Crippen molar-refractivity contribution in [2.45, 2.75) is 25.1 Å². The van der Waals surface area contributed by atoms with Crippen LogP contribution in [0.15, 0.2) is 115 Å². The van der Waals surface area contributed by atoms with Crippen molar-refractivity contribution < 1.29 is 52.0 Å². The summed E-state index contributed by atoms with van der Waals surface area (Å²) in [5.74, 6) is 1.56. The molecular weight excluding hydrogens is 595 g/mol. The minimum atomic E-state index is -4.37. The van der Waals surface area contributed by atoms with Gasteiger partial charge in [0.1, 0.15) is 11.5 Å². The topological polar surface area (TPSA) is 83.8 Å². The molecule has 0 aliphatic carbocycles. The summed E-state index contributed by atoms with van der Waals surface area (Å²) >= 11 is 0. The molecule has 0 amide bonds. The van der Waals surface area contributed by atoms with Gasteiger partial charge in [-0.2, -0.15) is 0 Å². The third-order valence-corrected chi connectivity index (χ3v) is 9.36. The van der Waals surface area contributed by atoms with E-state index in [2.05, 4.69) is 51.9 Å². The van der Waals surface area contributed by atoms with Crippen molar-refractivity contribution in [3.8, 4) is 22.6 Å². The number of methoxy groups -OCH3 is 2. The molecule has 6 rings (SSSR count). The monoisotopic (exact) mass is 628 g/mol. The summed E-state index contributed by atoms with van der Waals surface area (Å²) in [6.45, 7) is 1.89. The van der Waals surface area contributed by atoms with Crippen molar-refractivity contribution in [2.24, 2.45) is 0 Å². The molecule has 0 saturated heterocycles. The molecule has 1 unspecified atom stereocenters. The van der Waals surface area contributed by atoms with Crippen molar-refractivity contribution in [3.05, 3.63) is 115 Å². The van der Waals surface area contributed by atoms with Crippen molar-refractivity contribution in [1.29, 1.82) is 0 Å². The van der Waals surface area contributed by atoms with E-state index in [4.69, 9.17) is 9.47 Å². The Kier molecular flexibility index (Phi) is 9.91. The number of aromatic nitrogens is 1. The molecule has 9 heteroatoms. The summed E-state index contributed by atoms with van der Waals surface area (Å²) in [4.78, 5) is 2.17. The van der Waals surface area contributed by atoms with Crippen LogP contribution in [0, 0.1) is 0 Å². The molecule has 1 aromatic heterocycles. The number of rotatable bonds is 10. The van der Waals surface area contributed by atoms with E-state index in [1.54, 1.807) is 14.2 Å². The molecule has 0 aliphatic heterocycles. The van der Waals surface area contributed by atoms with Gasteiger partial charge in [-0.05, 0) is 85.6 Å². The SMILES string of the molecule is COc1ccc(N(c2ccc(OC)cc2)c2ccc(-c3cccc4c5ccccc5n(CCC(C)S(=O)(=O)[O-])c34)cc2)cc1.[Na+]. The molecule has 1 heterocycles. The Morgan fingerprint density at radius 2 is 1.22 bits per heavy atom. The number of fused-ring (bicyclic) bond motifs is 3. The van der Waals surface area contributed by atoms with Gasteiger partial charge in [-0.3, -0.25) is 0 Å². The predicted molar refractivity (Wildman–Crippen MR) is 176 cm³/mol. The quantitative estimate of drug-likeness (QED) is 0.152. The van der Waals surface area contributed by atoms with Gasteiger partial charge in [-0.1, -0.05) is 48.5 Å². The van der Waals surface area contributed by atoms with Gasteiger partial charge in [0.15, 0.2) is 0 Å². The van der Waals surface area contributed by atoms with Gasteiger partial charge in [0.25, 0.3) is 0 Å². The number of anilines is 3. The van der Waals surface area contributed by atoms with E-state index in [1.807, 2.05) is 72.8 Å². The predicted octanol–water partition coefficient (Wildman–Crippen LogP) is 5.28. The van der Waals surface area contributed by atoms with Gasteiger partial charge in [-0.25, -0.2) is 8.42 Å². The molecule has 0 aliphatic rings. The Labute approximate surface area is 286 Å². The van der Waals surface area contributed by atoms with E-state index in [0.29, 0.717) is 6.54 Å². The standard InChI is InChI=1S/C36H34N2O5S.Na/c1-25(44(39,40)41)23-24-37-35-10-5-4-7-33(35)34-9-6-8-32(36(34)37)26-11-13-27(14-12-26)38(28-15-19-30(42-2)20-16-28)29-17-21-31(43-3)22-18-29;/h4-22,25H,23-24H2,1-3H3,(H,39,40,41);/q;+1/p-1. The van der Waals surface area contributed by atoms with Gasteiger partial charge in [-0.15, -0.1) is 0 Å². The van der Waals surface area contributed by atoms with Crippen LogP contribution in [0.2, 0.25) is 0 Å². The first-order chi connectivity index (χ1) is 21.3. The normalized spacial score (nSPS) is 12.1. The second kappa shape index (κ2) is 13.7. The number of nitrogens with zero attached hydrogens (tertiary/aromatic N) is 2. The van der Waals surface area contributed by atoms with Gasteiger partial charge in [0.05, 0.1) is 29.9 Å². The van der Waals surface area contributed by atoms with Gasteiger partial charge in [0, 0.05) is 50.7 Å². The molecule has 7 nitrogen and oxygen atoms in total. The van der Waals surface area contributed by atoms with Crippen molar-refractivity contribution >= 4 is 49.0 Å². The van der Waals surface area contributed by atoms with Gasteiger partial charge in [0.2, 0.25) is 0 Å². The molecule has 0 spiro atoms. The first-order valence-electron chi connectivity index (χ1n) is 14.4. The van der Waals surface area contributed by atoms with E-state index in [9.17, 15) is 13.0 Å². The molecule has 0 bridgehead atoms. The minimum Gasteiger partial charge on any atom is -0.748 e. The van der Waals surface area contributed by atoms with E-state index < -0.39 is 15.4 Å². The first kappa shape index (κ1) is 32.6. The molecule has 0 N–H and O–H groups in total. The summed E-state index contributed by atoms with van der Waals surface area (Å²) in [5.41, 5.74) is 7.01. The molecule has 5 aromatic carbocycles. The van der Waals surface area contributed by atoms with Crippen LogP contribution in [0.4, 0.5) is 17.1 Å². The maximum Gasteiger partial charge on any atom is 1.00 e. The largest absolute Gasteiger partial charge is 1.00 e. The van der Waals surface area contributed by atoms with Crippen LogP contribution in [0.3, 0.4) is 0 Å². The zero-order valence-electron chi connectivity index (χ0n) is 25.8. The third-order valence-electron chi connectivity index (χ3n) is 8.14. The Morgan fingerprint density at radius 1 is 0.711 bits per heavy atom. The van der Waals surface area contributed by atoms with Crippen molar-refractivity contribution in [2.75, 3.05) is 19.1 Å². The molecule has 1 atom stereocenters. The van der Waals surface area contributed by atoms with Crippen LogP contribution in [0.25, 0.3) is 32.9 Å². The smallest absolute Gasteiger partial charge is 0.748 e. The maximum atomic E-state index is 11.7. The van der Waals surface area contributed by atoms with E-state index in [1.165, 1.54) is 6.92 Å². The summed E-state index contributed by atoms with van der Waals surface area (Å²) in [5, 5.41) is 1.19. The van der Waals surface area contributed by atoms with Gasteiger partial charge < -0.3 is 23.5 Å². The van der Waals surface area contributed by atoms with Crippen LogP contribution in [0.1, 0.15) is 13.3 Å². The van der Waals surface area contributed by atoms with Crippen LogP contribution in [0.5, 0.6) is 11.5 Å². The van der Waals surface area contributed by atoms with E-state index >= 15 is 0 Å². The fourth-order valence-electron chi connectivity index (χ4n) is 5.73. The van der Waals surface area contributed by atoms with E-state index in [-0.39, 0.29) is 36.0 Å². The number of aryl methyl sites for hydroxylation is 1. The van der Waals surface area contributed by atoms with Gasteiger partial charge >= 0.3 is 29.6 Å². The summed E-state index contributed by atoms with van der Waals surface area (Å²) < 4.78 is 48.0. The van der Waals surface area contributed by atoms with E-state index in [0.717, 1.165) is 61.5 Å². The van der Waals surface area contributed by atoms with Crippen LogP contribution >= 0.6 is 0 Å². The number of benzene rings is 5. The zero-order chi connectivity index (χ0) is 30.8. The van der Waals surface area contributed by atoms with Crippen molar-refractivity contribution in [1.82, 2.24) is 4.57 Å². The summed E-state index contributed by atoms with van der Waals surface area (Å²) in [6, 6.07) is 38.6. The minimum absolute atomic E-state index is 0. The zero-order valence-corrected chi connectivity index (χ0v) is 28.6. The average molecular weight is 629 g/mol. The van der Waals surface area contributed by atoms with Crippen LogP contribution in [-0.2, 0) is 16.7 Å². The molecule has 224 valence electrons. The Bertz CT molecular complexity index is 1980. The van der Waals surface area contributed by atoms with Crippen molar-refractivity contribution in [3.63, 3.8) is 0 Å². The Hall–Kier alpha value is -3.79. The number of ether oxygens (including phenoxy) is 2. The maximum absolute atomic E-state index is 11.7. The second-order valence-electron chi connectivity index (χ2n) is 10.7. The summed E-state index contributed by atoms with van der Waals surface area (Å²) in [6.07, 6.45) is 0.228. The second-order valence-corrected chi connectivity index (χ2v) is 12.5. The number of para-hydroxylation sites is 2.